The molecule has 1 aliphatic rings. The summed E-state index contributed by atoms with van der Waals surface area (Å²) in [6.45, 7) is 3.44. The Morgan fingerprint density at radius 1 is 1.13 bits per heavy atom. The van der Waals surface area contributed by atoms with E-state index >= 15 is 0 Å². The molecule has 3 aromatic rings. The van der Waals surface area contributed by atoms with Crippen LogP contribution in [0, 0.1) is 6.92 Å². The number of carbonyl (C=O) groups is 1. The standard InChI is InChI=1S/C25H28N2O4/c1-16-18-8-5-6-9-20(18)26-21(24(16)25(28)31-4)15-27-13-7-10-22(27)19-14-17(29-2)11-12-23(19)30-3/h5-6,8-9,11-12,14,22H,7,10,13,15H2,1-4H3/t22-/m0/s1. The molecule has 0 radical (unpaired) electrons. The molecule has 1 aromatic heterocycles. The Bertz CT molecular complexity index is 1110. The van der Waals surface area contributed by atoms with Crippen molar-refractivity contribution >= 4 is 16.9 Å². The summed E-state index contributed by atoms with van der Waals surface area (Å²) in [5.74, 6) is 1.30. The summed E-state index contributed by atoms with van der Waals surface area (Å²) in [6, 6.07) is 14.0. The van der Waals surface area contributed by atoms with Gasteiger partial charge in [0.05, 0.1) is 38.1 Å². The van der Waals surface area contributed by atoms with E-state index in [-0.39, 0.29) is 12.0 Å². The van der Waals surface area contributed by atoms with Gasteiger partial charge in [0, 0.05) is 23.5 Å². The zero-order valence-electron chi connectivity index (χ0n) is 18.5. The number of methoxy groups -OCH3 is 3. The fraction of sp³-hybridized carbons (Fsp3) is 0.360. The fourth-order valence-electron chi connectivity index (χ4n) is 4.59. The Labute approximate surface area is 182 Å². The van der Waals surface area contributed by atoms with Crippen molar-refractivity contribution in [2.45, 2.75) is 32.4 Å². The first-order valence-electron chi connectivity index (χ1n) is 10.5. The zero-order valence-corrected chi connectivity index (χ0v) is 18.5. The van der Waals surface area contributed by atoms with Crippen molar-refractivity contribution in [2.24, 2.45) is 0 Å². The van der Waals surface area contributed by atoms with Gasteiger partial charge in [0.2, 0.25) is 0 Å². The molecule has 6 nitrogen and oxygen atoms in total. The van der Waals surface area contributed by atoms with Gasteiger partial charge in [0.25, 0.3) is 0 Å². The van der Waals surface area contributed by atoms with E-state index in [9.17, 15) is 4.79 Å². The number of nitrogens with zero attached hydrogens (tertiary/aromatic N) is 2. The van der Waals surface area contributed by atoms with E-state index in [0.717, 1.165) is 58.6 Å². The van der Waals surface area contributed by atoms with Crippen molar-refractivity contribution in [3.8, 4) is 11.5 Å². The van der Waals surface area contributed by atoms with Gasteiger partial charge in [-0.15, -0.1) is 0 Å². The second kappa shape index (κ2) is 8.94. The molecule has 0 saturated carbocycles. The van der Waals surface area contributed by atoms with Gasteiger partial charge < -0.3 is 14.2 Å². The van der Waals surface area contributed by atoms with Crippen LogP contribution >= 0.6 is 0 Å². The average Bonchev–Trinajstić information content (AvgIpc) is 3.26. The lowest BCUT2D eigenvalue weighted by atomic mass is 10.00. The molecule has 0 aliphatic carbocycles. The van der Waals surface area contributed by atoms with Gasteiger partial charge in [0.1, 0.15) is 11.5 Å². The number of hydrogen-bond acceptors (Lipinski definition) is 6. The van der Waals surface area contributed by atoms with Crippen LogP contribution < -0.4 is 9.47 Å². The maximum absolute atomic E-state index is 12.7. The van der Waals surface area contributed by atoms with Crippen LogP contribution in [0.1, 0.15) is 46.1 Å². The lowest BCUT2D eigenvalue weighted by molar-refractivity contribution is 0.0596. The van der Waals surface area contributed by atoms with Gasteiger partial charge in [-0.3, -0.25) is 9.88 Å². The third kappa shape index (κ3) is 3.95. The summed E-state index contributed by atoms with van der Waals surface area (Å²) in [6.07, 6.45) is 2.06. The summed E-state index contributed by atoms with van der Waals surface area (Å²) in [5, 5.41) is 0.971. The van der Waals surface area contributed by atoms with Crippen molar-refractivity contribution in [2.75, 3.05) is 27.9 Å². The Balaban J connectivity index is 1.76. The predicted molar refractivity (Wildman–Crippen MR) is 120 cm³/mol. The number of benzene rings is 2. The third-order valence-corrected chi connectivity index (χ3v) is 6.13. The van der Waals surface area contributed by atoms with E-state index in [4.69, 9.17) is 19.2 Å². The Morgan fingerprint density at radius 2 is 1.94 bits per heavy atom. The number of pyridine rings is 1. The van der Waals surface area contributed by atoms with Crippen LogP contribution in [0.3, 0.4) is 0 Å². The van der Waals surface area contributed by atoms with Crippen molar-refractivity contribution in [3.63, 3.8) is 0 Å². The van der Waals surface area contributed by atoms with Gasteiger partial charge >= 0.3 is 5.97 Å². The molecule has 1 aliphatic heterocycles. The molecule has 0 amide bonds. The summed E-state index contributed by atoms with van der Waals surface area (Å²) in [7, 11) is 4.77. The van der Waals surface area contributed by atoms with E-state index in [1.807, 2.05) is 49.4 Å². The van der Waals surface area contributed by atoms with Crippen LogP contribution in [-0.4, -0.2) is 43.7 Å². The summed E-state index contributed by atoms with van der Waals surface area (Å²) >= 11 is 0. The molecule has 162 valence electrons. The molecule has 0 unspecified atom stereocenters. The number of para-hydroxylation sites is 1. The van der Waals surface area contributed by atoms with Crippen LogP contribution in [-0.2, 0) is 11.3 Å². The number of fused-ring (bicyclic) bond motifs is 1. The molecule has 6 heteroatoms. The first-order valence-corrected chi connectivity index (χ1v) is 10.5. The Hall–Kier alpha value is -3.12. The normalized spacial score (nSPS) is 16.5. The topological polar surface area (TPSA) is 60.9 Å². The number of likely N-dealkylation sites (tertiary alicyclic amines) is 1. The highest BCUT2D eigenvalue weighted by Gasteiger charge is 2.31. The number of esters is 1. The molecule has 31 heavy (non-hydrogen) atoms. The van der Waals surface area contributed by atoms with Crippen molar-refractivity contribution in [3.05, 3.63) is 64.8 Å². The number of hydrogen-bond donors (Lipinski definition) is 0. The molecule has 0 spiro atoms. The van der Waals surface area contributed by atoms with Crippen LogP contribution in [0.15, 0.2) is 42.5 Å². The summed E-state index contributed by atoms with van der Waals surface area (Å²) < 4.78 is 16.2. The molecule has 2 heterocycles. The van der Waals surface area contributed by atoms with Gasteiger partial charge in [-0.25, -0.2) is 4.79 Å². The highest BCUT2D eigenvalue weighted by Crippen LogP contribution is 2.40. The van der Waals surface area contributed by atoms with Crippen LogP contribution in [0.5, 0.6) is 11.5 Å². The maximum Gasteiger partial charge on any atom is 0.340 e. The first-order chi connectivity index (χ1) is 15.1. The molecule has 4 rings (SSSR count). The second-order valence-electron chi connectivity index (χ2n) is 7.80. The average molecular weight is 421 g/mol. The van der Waals surface area contributed by atoms with Crippen LogP contribution in [0.25, 0.3) is 10.9 Å². The monoisotopic (exact) mass is 420 g/mol. The van der Waals surface area contributed by atoms with E-state index in [1.54, 1.807) is 14.2 Å². The molecular formula is C25H28N2O4. The SMILES string of the molecule is COC(=O)c1c(CN2CCC[C@H]2c2cc(OC)ccc2OC)nc2ccccc2c1C. The molecule has 0 N–H and O–H groups in total. The highest BCUT2D eigenvalue weighted by molar-refractivity contribution is 5.98. The minimum Gasteiger partial charge on any atom is -0.497 e. The van der Waals surface area contributed by atoms with Gasteiger partial charge in [-0.05, 0) is 56.1 Å². The van der Waals surface area contributed by atoms with Crippen LogP contribution in [0.4, 0.5) is 0 Å². The number of aromatic nitrogens is 1. The lowest BCUT2D eigenvalue weighted by Crippen LogP contribution is -2.25. The minimum absolute atomic E-state index is 0.157. The highest BCUT2D eigenvalue weighted by atomic mass is 16.5. The summed E-state index contributed by atoms with van der Waals surface area (Å²) in [4.78, 5) is 19.9. The predicted octanol–water partition coefficient (Wildman–Crippen LogP) is 4.68. The number of aryl methyl sites for hydroxylation is 1. The van der Waals surface area contributed by atoms with Gasteiger partial charge in [-0.2, -0.15) is 0 Å². The van der Waals surface area contributed by atoms with Crippen molar-refractivity contribution < 1.29 is 19.0 Å². The largest absolute Gasteiger partial charge is 0.497 e. The molecule has 1 fully saturated rings. The fourth-order valence-corrected chi connectivity index (χ4v) is 4.59. The second-order valence-corrected chi connectivity index (χ2v) is 7.80. The molecular weight excluding hydrogens is 392 g/mol. The van der Waals surface area contributed by atoms with E-state index < -0.39 is 0 Å². The smallest absolute Gasteiger partial charge is 0.340 e. The maximum atomic E-state index is 12.7. The van der Waals surface area contributed by atoms with E-state index in [1.165, 1.54) is 7.11 Å². The molecule has 0 bridgehead atoms. The number of ether oxygens (including phenoxy) is 3. The van der Waals surface area contributed by atoms with Crippen LogP contribution in [0.2, 0.25) is 0 Å². The van der Waals surface area contributed by atoms with E-state index in [2.05, 4.69) is 4.90 Å². The molecule has 1 saturated heterocycles. The lowest BCUT2D eigenvalue weighted by Gasteiger charge is -2.27. The Kier molecular flexibility index (Phi) is 6.09. The summed E-state index contributed by atoms with van der Waals surface area (Å²) in [5.41, 5.74) is 4.19. The zero-order chi connectivity index (χ0) is 22.0. The van der Waals surface area contributed by atoms with Crippen molar-refractivity contribution in [1.82, 2.24) is 9.88 Å². The molecule has 2 aromatic carbocycles. The quantitative estimate of drug-likeness (QED) is 0.540. The van der Waals surface area contributed by atoms with E-state index in [0.29, 0.717) is 12.1 Å². The minimum atomic E-state index is -0.347. The van der Waals surface area contributed by atoms with Gasteiger partial charge in [0.15, 0.2) is 0 Å². The Morgan fingerprint density at radius 3 is 2.68 bits per heavy atom. The van der Waals surface area contributed by atoms with Crippen molar-refractivity contribution in [1.29, 1.82) is 0 Å². The molecule has 1 atom stereocenters. The third-order valence-electron chi connectivity index (χ3n) is 6.13. The number of carbonyl (C=O) groups excluding carboxylic acids is 1. The number of rotatable bonds is 6. The van der Waals surface area contributed by atoms with Gasteiger partial charge in [-0.1, -0.05) is 18.2 Å². The first kappa shape index (κ1) is 21.1.